The summed E-state index contributed by atoms with van der Waals surface area (Å²) in [6.07, 6.45) is 0. The minimum Gasteiger partial charge on any atom is -0.394 e. The molecule has 0 aromatic heterocycles. The molecule has 0 radical (unpaired) electrons. The number of nitrogen functional groups attached to an aromatic ring is 1. The first-order valence-electron chi connectivity index (χ1n) is 4.00. The lowest BCUT2D eigenvalue weighted by molar-refractivity contribution is 0.00822. The van der Waals surface area contributed by atoms with E-state index in [1.165, 1.54) is 12.1 Å². The molecule has 1 aliphatic rings. The number of anilines is 1. The molecule has 0 unspecified atom stereocenters. The van der Waals surface area contributed by atoms with Crippen molar-refractivity contribution in [2.75, 3.05) is 18.9 Å². The van der Waals surface area contributed by atoms with Gasteiger partial charge in [-0.2, -0.15) is 0 Å². The monoisotopic (exact) mass is 185 g/mol. The third-order valence-electron chi connectivity index (χ3n) is 2.21. The average Bonchev–Trinajstić information content (AvgIpc) is 1.96. The standard InChI is InChI=1S/C9H9F2NO/c10-7-1-5(6-3-13-4-6)2-8(11)9(7)12/h1-2,6H,3-4,12H2. The van der Waals surface area contributed by atoms with E-state index in [1.54, 1.807) is 0 Å². The number of hydrogen-bond donors (Lipinski definition) is 1. The van der Waals surface area contributed by atoms with Crippen LogP contribution < -0.4 is 5.73 Å². The fraction of sp³-hybridized carbons (Fsp3) is 0.333. The Labute approximate surface area is 74.3 Å². The van der Waals surface area contributed by atoms with E-state index < -0.39 is 17.3 Å². The van der Waals surface area contributed by atoms with Crippen LogP contribution in [0.1, 0.15) is 11.5 Å². The average molecular weight is 185 g/mol. The van der Waals surface area contributed by atoms with Crippen LogP contribution in [0.5, 0.6) is 0 Å². The third-order valence-corrected chi connectivity index (χ3v) is 2.21. The Kier molecular flexibility index (Phi) is 1.92. The molecular formula is C9H9F2NO. The molecule has 13 heavy (non-hydrogen) atoms. The highest BCUT2D eigenvalue weighted by Gasteiger charge is 2.22. The number of benzene rings is 1. The summed E-state index contributed by atoms with van der Waals surface area (Å²) in [7, 11) is 0. The van der Waals surface area contributed by atoms with Crippen LogP contribution in [0.15, 0.2) is 12.1 Å². The topological polar surface area (TPSA) is 35.2 Å². The fourth-order valence-corrected chi connectivity index (χ4v) is 1.27. The van der Waals surface area contributed by atoms with E-state index in [-0.39, 0.29) is 5.92 Å². The fourth-order valence-electron chi connectivity index (χ4n) is 1.27. The van der Waals surface area contributed by atoms with Gasteiger partial charge in [0.25, 0.3) is 0 Å². The first-order valence-corrected chi connectivity index (χ1v) is 4.00. The molecule has 1 fully saturated rings. The van der Waals surface area contributed by atoms with Crippen LogP contribution in [0.4, 0.5) is 14.5 Å². The summed E-state index contributed by atoms with van der Waals surface area (Å²) in [5, 5.41) is 0. The van der Waals surface area contributed by atoms with Gasteiger partial charge in [-0.25, -0.2) is 8.78 Å². The molecule has 1 heterocycles. The van der Waals surface area contributed by atoms with E-state index in [2.05, 4.69) is 0 Å². The van der Waals surface area contributed by atoms with Crippen molar-refractivity contribution in [1.29, 1.82) is 0 Å². The lowest BCUT2D eigenvalue weighted by Gasteiger charge is -2.26. The lowest BCUT2D eigenvalue weighted by atomic mass is 9.97. The van der Waals surface area contributed by atoms with Crippen molar-refractivity contribution in [1.82, 2.24) is 0 Å². The van der Waals surface area contributed by atoms with E-state index in [9.17, 15) is 8.78 Å². The largest absolute Gasteiger partial charge is 0.394 e. The van der Waals surface area contributed by atoms with E-state index in [0.717, 1.165) is 0 Å². The quantitative estimate of drug-likeness (QED) is 0.675. The zero-order valence-electron chi connectivity index (χ0n) is 6.89. The molecular weight excluding hydrogens is 176 g/mol. The maximum atomic E-state index is 13.0. The van der Waals surface area contributed by atoms with Gasteiger partial charge in [0.1, 0.15) is 17.3 Å². The van der Waals surface area contributed by atoms with Gasteiger partial charge >= 0.3 is 0 Å². The number of nitrogens with two attached hydrogens (primary N) is 1. The minimum absolute atomic E-state index is 0.115. The second-order valence-electron chi connectivity index (χ2n) is 3.13. The Bertz CT molecular complexity index is 313. The predicted octanol–water partition coefficient (Wildman–Crippen LogP) is 1.66. The van der Waals surface area contributed by atoms with Crippen LogP contribution in [0.25, 0.3) is 0 Å². The van der Waals surface area contributed by atoms with Crippen molar-refractivity contribution < 1.29 is 13.5 Å². The Balaban J connectivity index is 2.37. The molecule has 0 aliphatic carbocycles. The second kappa shape index (κ2) is 2.96. The maximum Gasteiger partial charge on any atom is 0.149 e. The number of ether oxygens (including phenoxy) is 1. The Morgan fingerprint density at radius 1 is 1.23 bits per heavy atom. The van der Waals surface area contributed by atoms with E-state index in [4.69, 9.17) is 10.5 Å². The molecule has 1 aromatic rings. The summed E-state index contributed by atoms with van der Waals surface area (Å²) < 4.78 is 30.8. The van der Waals surface area contributed by atoms with Gasteiger partial charge in [-0.05, 0) is 17.7 Å². The van der Waals surface area contributed by atoms with Crippen molar-refractivity contribution in [3.05, 3.63) is 29.3 Å². The van der Waals surface area contributed by atoms with Crippen molar-refractivity contribution in [3.8, 4) is 0 Å². The zero-order chi connectivity index (χ0) is 9.42. The molecule has 0 spiro atoms. The summed E-state index contributed by atoms with van der Waals surface area (Å²) in [5.41, 5.74) is 5.34. The Morgan fingerprint density at radius 3 is 2.15 bits per heavy atom. The third kappa shape index (κ3) is 1.37. The smallest absolute Gasteiger partial charge is 0.149 e. The SMILES string of the molecule is Nc1c(F)cc(C2COC2)cc1F. The van der Waals surface area contributed by atoms with Crippen LogP contribution in [0.3, 0.4) is 0 Å². The molecule has 1 aliphatic heterocycles. The first-order chi connectivity index (χ1) is 6.18. The van der Waals surface area contributed by atoms with Gasteiger partial charge < -0.3 is 10.5 Å². The summed E-state index contributed by atoms with van der Waals surface area (Å²) in [5.74, 6) is -1.27. The van der Waals surface area contributed by atoms with Gasteiger partial charge in [-0.3, -0.25) is 0 Å². The second-order valence-corrected chi connectivity index (χ2v) is 3.13. The Morgan fingerprint density at radius 2 is 1.77 bits per heavy atom. The highest BCUT2D eigenvalue weighted by molar-refractivity contribution is 5.44. The molecule has 0 amide bonds. The maximum absolute atomic E-state index is 13.0. The minimum atomic E-state index is -0.693. The first kappa shape index (κ1) is 8.44. The Hall–Kier alpha value is -1.16. The molecule has 4 heteroatoms. The van der Waals surface area contributed by atoms with Crippen molar-refractivity contribution >= 4 is 5.69 Å². The summed E-state index contributed by atoms with van der Waals surface area (Å²) in [6, 6.07) is 2.54. The summed E-state index contributed by atoms with van der Waals surface area (Å²) >= 11 is 0. The highest BCUT2D eigenvalue weighted by atomic mass is 19.1. The molecule has 0 bridgehead atoms. The molecule has 0 saturated carbocycles. The van der Waals surface area contributed by atoms with E-state index in [1.807, 2.05) is 0 Å². The van der Waals surface area contributed by atoms with Crippen molar-refractivity contribution in [2.24, 2.45) is 0 Å². The van der Waals surface area contributed by atoms with Crippen molar-refractivity contribution in [3.63, 3.8) is 0 Å². The number of hydrogen-bond acceptors (Lipinski definition) is 2. The molecule has 2 rings (SSSR count). The normalized spacial score (nSPS) is 17.1. The zero-order valence-corrected chi connectivity index (χ0v) is 6.89. The summed E-state index contributed by atoms with van der Waals surface area (Å²) in [6.45, 7) is 1.06. The molecule has 0 atom stereocenters. The van der Waals surface area contributed by atoms with Gasteiger partial charge in [0.2, 0.25) is 0 Å². The molecule has 1 saturated heterocycles. The van der Waals surface area contributed by atoms with Gasteiger partial charge in [0, 0.05) is 5.92 Å². The van der Waals surface area contributed by atoms with Crippen molar-refractivity contribution in [2.45, 2.75) is 5.92 Å². The predicted molar refractivity (Wildman–Crippen MR) is 44.3 cm³/mol. The van der Waals surface area contributed by atoms with Crippen LogP contribution in [-0.4, -0.2) is 13.2 Å². The van der Waals surface area contributed by atoms with Crippen LogP contribution in [0, 0.1) is 11.6 Å². The number of halogens is 2. The van der Waals surface area contributed by atoms with Crippen LogP contribution >= 0.6 is 0 Å². The van der Waals surface area contributed by atoms with Gasteiger partial charge in [-0.15, -0.1) is 0 Å². The van der Waals surface area contributed by atoms with Gasteiger partial charge in [0.05, 0.1) is 13.2 Å². The van der Waals surface area contributed by atoms with Crippen LogP contribution in [-0.2, 0) is 4.74 Å². The summed E-state index contributed by atoms with van der Waals surface area (Å²) in [4.78, 5) is 0. The van der Waals surface area contributed by atoms with E-state index in [0.29, 0.717) is 18.8 Å². The van der Waals surface area contributed by atoms with E-state index >= 15 is 0 Å². The highest BCUT2D eigenvalue weighted by Crippen LogP contribution is 2.27. The molecule has 70 valence electrons. The van der Waals surface area contributed by atoms with Gasteiger partial charge in [0.15, 0.2) is 0 Å². The van der Waals surface area contributed by atoms with Crippen LogP contribution in [0.2, 0.25) is 0 Å². The molecule has 2 nitrogen and oxygen atoms in total. The van der Waals surface area contributed by atoms with Gasteiger partial charge in [-0.1, -0.05) is 0 Å². The number of rotatable bonds is 1. The lowest BCUT2D eigenvalue weighted by Crippen LogP contribution is -2.25. The molecule has 2 N–H and O–H groups in total. The molecule has 1 aromatic carbocycles.